The minimum absolute atomic E-state index is 0.0823. The lowest BCUT2D eigenvalue weighted by Gasteiger charge is -2.20. The molecule has 2 amide bonds. The van der Waals surface area contributed by atoms with Gasteiger partial charge in [0.15, 0.2) is 0 Å². The van der Waals surface area contributed by atoms with Gasteiger partial charge < -0.3 is 10.2 Å². The maximum Gasteiger partial charge on any atom is 0.239 e. The Morgan fingerprint density at radius 1 is 1.29 bits per heavy atom. The van der Waals surface area contributed by atoms with Crippen LogP contribution in [0.1, 0.15) is 13.3 Å². The molecule has 1 N–H and O–H groups in total. The van der Waals surface area contributed by atoms with Crippen molar-refractivity contribution in [1.82, 2.24) is 14.8 Å². The van der Waals surface area contributed by atoms with Crippen molar-refractivity contribution in [3.63, 3.8) is 0 Å². The fraction of sp³-hybridized carbons (Fsp3) is 0.500. The quantitative estimate of drug-likeness (QED) is 0.889. The third-order valence-electron chi connectivity index (χ3n) is 3.40. The first-order valence-electron chi connectivity index (χ1n) is 6.94. The van der Waals surface area contributed by atoms with E-state index in [1.807, 2.05) is 11.0 Å². The summed E-state index contributed by atoms with van der Waals surface area (Å²) in [7, 11) is 0. The highest BCUT2D eigenvalue weighted by atomic mass is 79.9. The van der Waals surface area contributed by atoms with Crippen LogP contribution in [-0.4, -0.2) is 59.3 Å². The van der Waals surface area contributed by atoms with Crippen LogP contribution in [0.5, 0.6) is 0 Å². The van der Waals surface area contributed by atoms with Crippen LogP contribution in [-0.2, 0) is 9.59 Å². The van der Waals surface area contributed by atoms with E-state index in [0.717, 1.165) is 30.5 Å². The Morgan fingerprint density at radius 2 is 2.10 bits per heavy atom. The van der Waals surface area contributed by atoms with E-state index in [9.17, 15) is 9.59 Å². The molecule has 7 heteroatoms. The predicted molar refractivity (Wildman–Crippen MR) is 83.9 cm³/mol. The lowest BCUT2D eigenvalue weighted by Crippen LogP contribution is -2.37. The van der Waals surface area contributed by atoms with E-state index in [4.69, 9.17) is 0 Å². The van der Waals surface area contributed by atoms with Gasteiger partial charge in [0.05, 0.1) is 6.54 Å². The van der Waals surface area contributed by atoms with Gasteiger partial charge in [0, 0.05) is 43.8 Å². The van der Waals surface area contributed by atoms with E-state index in [1.165, 1.54) is 0 Å². The number of hydrogen-bond donors (Lipinski definition) is 1. The average Bonchev–Trinajstić information content (AvgIpc) is 2.67. The minimum Gasteiger partial charge on any atom is -0.342 e. The molecule has 21 heavy (non-hydrogen) atoms. The largest absolute Gasteiger partial charge is 0.342 e. The summed E-state index contributed by atoms with van der Waals surface area (Å²) in [5.41, 5.74) is 0. The summed E-state index contributed by atoms with van der Waals surface area (Å²) in [6, 6.07) is 3.58. The molecule has 0 spiro atoms. The molecule has 1 aromatic rings. The minimum atomic E-state index is -0.0823. The molecule has 1 aliphatic rings. The highest BCUT2D eigenvalue weighted by Gasteiger charge is 2.18. The second-order valence-electron chi connectivity index (χ2n) is 5.05. The van der Waals surface area contributed by atoms with Crippen LogP contribution in [0.25, 0.3) is 0 Å². The van der Waals surface area contributed by atoms with Crippen molar-refractivity contribution in [3.8, 4) is 0 Å². The number of amides is 2. The van der Waals surface area contributed by atoms with Crippen LogP contribution >= 0.6 is 15.9 Å². The Morgan fingerprint density at radius 3 is 2.76 bits per heavy atom. The van der Waals surface area contributed by atoms with E-state index in [0.29, 0.717) is 18.9 Å². The number of carbonyl (C=O) groups is 2. The van der Waals surface area contributed by atoms with E-state index in [-0.39, 0.29) is 11.8 Å². The zero-order valence-corrected chi connectivity index (χ0v) is 13.6. The Bertz CT molecular complexity index is 506. The standard InChI is InChI=1S/C14H19BrN4O2/c1-11(20)19-6-2-5-18(7-8-19)10-14(21)17-13-4-3-12(15)9-16-13/h3-4,9H,2,5-8,10H2,1H3,(H,16,17,21). The van der Waals surface area contributed by atoms with Gasteiger partial charge in [0.25, 0.3) is 0 Å². The van der Waals surface area contributed by atoms with E-state index in [2.05, 4.69) is 31.1 Å². The number of nitrogens with zero attached hydrogens (tertiary/aromatic N) is 3. The molecule has 1 fully saturated rings. The highest BCUT2D eigenvalue weighted by Crippen LogP contribution is 2.10. The molecule has 1 aliphatic heterocycles. The van der Waals surface area contributed by atoms with Gasteiger partial charge in [-0.1, -0.05) is 0 Å². The summed E-state index contributed by atoms with van der Waals surface area (Å²) in [6.45, 7) is 4.90. The van der Waals surface area contributed by atoms with Gasteiger partial charge in [0.1, 0.15) is 5.82 Å². The first-order valence-corrected chi connectivity index (χ1v) is 7.73. The summed E-state index contributed by atoms with van der Waals surface area (Å²) in [5, 5.41) is 2.78. The van der Waals surface area contributed by atoms with E-state index in [1.54, 1.807) is 19.2 Å². The number of nitrogens with one attached hydrogen (secondary N) is 1. The van der Waals surface area contributed by atoms with Gasteiger partial charge in [-0.25, -0.2) is 4.98 Å². The normalized spacial score (nSPS) is 16.4. The number of halogens is 1. The first kappa shape index (κ1) is 15.9. The van der Waals surface area contributed by atoms with Crippen LogP contribution in [0.15, 0.2) is 22.8 Å². The molecule has 1 saturated heterocycles. The zero-order chi connectivity index (χ0) is 15.2. The molecule has 0 aliphatic carbocycles. The molecule has 0 unspecified atom stereocenters. The first-order chi connectivity index (χ1) is 10.0. The van der Waals surface area contributed by atoms with Crippen LogP contribution in [0, 0.1) is 0 Å². The molecule has 0 bridgehead atoms. The van der Waals surface area contributed by atoms with Crippen LogP contribution in [0.2, 0.25) is 0 Å². The van der Waals surface area contributed by atoms with Crippen molar-refractivity contribution in [2.24, 2.45) is 0 Å². The second-order valence-corrected chi connectivity index (χ2v) is 5.96. The van der Waals surface area contributed by atoms with Gasteiger partial charge in [-0.15, -0.1) is 0 Å². The number of anilines is 1. The lowest BCUT2D eigenvalue weighted by atomic mass is 10.3. The van der Waals surface area contributed by atoms with E-state index < -0.39 is 0 Å². The van der Waals surface area contributed by atoms with Crippen molar-refractivity contribution < 1.29 is 9.59 Å². The lowest BCUT2D eigenvalue weighted by molar-refractivity contribution is -0.128. The molecule has 2 rings (SSSR count). The second kappa shape index (κ2) is 7.51. The van der Waals surface area contributed by atoms with Gasteiger partial charge in [-0.2, -0.15) is 0 Å². The number of rotatable bonds is 3. The Balaban J connectivity index is 1.82. The zero-order valence-electron chi connectivity index (χ0n) is 12.0. The van der Waals surface area contributed by atoms with Gasteiger partial charge in [-0.05, 0) is 34.5 Å². The highest BCUT2D eigenvalue weighted by molar-refractivity contribution is 9.10. The molecule has 0 aromatic carbocycles. The summed E-state index contributed by atoms with van der Waals surface area (Å²) in [4.78, 5) is 31.4. The number of carbonyl (C=O) groups excluding carboxylic acids is 2. The number of hydrogen-bond acceptors (Lipinski definition) is 4. The van der Waals surface area contributed by atoms with Gasteiger partial charge >= 0.3 is 0 Å². The van der Waals surface area contributed by atoms with Crippen molar-refractivity contribution in [2.75, 3.05) is 38.0 Å². The smallest absolute Gasteiger partial charge is 0.239 e. The molecular formula is C14H19BrN4O2. The molecule has 6 nitrogen and oxygen atoms in total. The Hall–Kier alpha value is -1.47. The number of aromatic nitrogens is 1. The molecular weight excluding hydrogens is 336 g/mol. The third-order valence-corrected chi connectivity index (χ3v) is 3.87. The van der Waals surface area contributed by atoms with E-state index >= 15 is 0 Å². The maximum absolute atomic E-state index is 12.0. The van der Waals surface area contributed by atoms with Gasteiger partial charge in [-0.3, -0.25) is 14.5 Å². The summed E-state index contributed by atoms with van der Waals surface area (Å²) in [6.07, 6.45) is 2.54. The Labute approximate surface area is 132 Å². The summed E-state index contributed by atoms with van der Waals surface area (Å²) >= 11 is 3.30. The SMILES string of the molecule is CC(=O)N1CCCN(CC(=O)Nc2ccc(Br)cn2)CC1. The Kier molecular flexibility index (Phi) is 5.69. The molecule has 0 saturated carbocycles. The summed E-state index contributed by atoms with van der Waals surface area (Å²) in [5.74, 6) is 0.560. The predicted octanol–water partition coefficient (Wildman–Crippen LogP) is 1.34. The van der Waals surface area contributed by atoms with Crippen molar-refractivity contribution in [3.05, 3.63) is 22.8 Å². The molecule has 2 heterocycles. The van der Waals surface area contributed by atoms with Gasteiger partial charge in [0.2, 0.25) is 11.8 Å². The fourth-order valence-corrected chi connectivity index (χ4v) is 2.51. The van der Waals surface area contributed by atoms with Crippen molar-refractivity contribution in [1.29, 1.82) is 0 Å². The fourth-order valence-electron chi connectivity index (χ4n) is 2.28. The van der Waals surface area contributed by atoms with Crippen LogP contribution < -0.4 is 5.32 Å². The topological polar surface area (TPSA) is 65.5 Å². The maximum atomic E-state index is 12.0. The monoisotopic (exact) mass is 354 g/mol. The third kappa shape index (κ3) is 5.09. The molecule has 0 radical (unpaired) electrons. The van der Waals surface area contributed by atoms with Crippen molar-refractivity contribution >= 4 is 33.6 Å². The summed E-state index contributed by atoms with van der Waals surface area (Å²) < 4.78 is 0.873. The number of pyridine rings is 1. The molecule has 114 valence electrons. The van der Waals surface area contributed by atoms with Crippen LogP contribution in [0.4, 0.5) is 5.82 Å². The average molecular weight is 355 g/mol. The van der Waals surface area contributed by atoms with Crippen LogP contribution in [0.3, 0.4) is 0 Å². The molecule has 1 aromatic heterocycles. The van der Waals surface area contributed by atoms with Crippen molar-refractivity contribution in [2.45, 2.75) is 13.3 Å². The molecule has 0 atom stereocenters.